The number of hydrogen-bond donors (Lipinski definition) is 1. The zero-order chi connectivity index (χ0) is 17.2. The highest BCUT2D eigenvalue weighted by Crippen LogP contribution is 2.24. The van der Waals surface area contributed by atoms with Crippen molar-refractivity contribution < 1.29 is 13.2 Å². The summed E-state index contributed by atoms with van der Waals surface area (Å²) in [5, 5.41) is -0.201. The maximum absolute atomic E-state index is 12.3. The molecule has 0 bridgehead atoms. The number of sulfonamides is 1. The second kappa shape index (κ2) is 6.46. The molecule has 1 N–H and O–H groups in total. The van der Waals surface area contributed by atoms with E-state index in [2.05, 4.69) is 19.7 Å². The lowest BCUT2D eigenvalue weighted by atomic mass is 10.3. The van der Waals surface area contributed by atoms with Gasteiger partial charge >= 0.3 is 6.01 Å². The molecule has 0 amide bonds. The summed E-state index contributed by atoms with van der Waals surface area (Å²) in [5.74, 6) is 0.472. The van der Waals surface area contributed by atoms with E-state index in [-0.39, 0.29) is 16.2 Å². The van der Waals surface area contributed by atoms with Gasteiger partial charge in [-0.2, -0.15) is 8.42 Å². The Balaban J connectivity index is 1.75. The summed E-state index contributed by atoms with van der Waals surface area (Å²) >= 11 is 5.92. The average molecular weight is 366 g/mol. The molecular weight excluding hydrogens is 354 g/mol. The number of imidazole rings is 1. The van der Waals surface area contributed by atoms with Crippen LogP contribution in [0.2, 0.25) is 5.15 Å². The lowest BCUT2D eigenvalue weighted by Gasteiger charge is -2.08. The highest BCUT2D eigenvalue weighted by molar-refractivity contribution is 7.92. The minimum absolute atomic E-state index is 0.0312. The number of nitrogens with one attached hydrogen (secondary N) is 1. The number of hydrogen-bond acceptors (Lipinski definition) is 6. The van der Waals surface area contributed by atoms with Crippen molar-refractivity contribution in [2.24, 2.45) is 7.05 Å². The Morgan fingerprint density at radius 3 is 2.38 bits per heavy atom. The van der Waals surface area contributed by atoms with Crippen molar-refractivity contribution in [1.29, 1.82) is 0 Å². The Bertz CT molecular complexity index is 942. The molecule has 0 saturated heterocycles. The first kappa shape index (κ1) is 16.2. The summed E-state index contributed by atoms with van der Waals surface area (Å²) < 4.78 is 33.8. The first-order valence-corrected chi connectivity index (χ1v) is 8.56. The van der Waals surface area contributed by atoms with Gasteiger partial charge in [-0.3, -0.25) is 4.72 Å². The van der Waals surface area contributed by atoms with E-state index < -0.39 is 10.0 Å². The maximum Gasteiger partial charge on any atom is 0.321 e. The lowest BCUT2D eigenvalue weighted by Crippen LogP contribution is -2.14. The van der Waals surface area contributed by atoms with Gasteiger partial charge in [0.05, 0.1) is 6.33 Å². The van der Waals surface area contributed by atoms with E-state index >= 15 is 0 Å². The molecule has 0 spiro atoms. The van der Waals surface area contributed by atoms with Gasteiger partial charge in [-0.1, -0.05) is 11.6 Å². The summed E-state index contributed by atoms with van der Waals surface area (Å²) in [5.41, 5.74) is 0.345. The third-order valence-corrected chi connectivity index (χ3v) is 4.82. The van der Waals surface area contributed by atoms with Crippen LogP contribution in [0.25, 0.3) is 0 Å². The molecule has 2 aromatic heterocycles. The molecule has 2 heterocycles. The predicted octanol–water partition coefficient (Wildman–Crippen LogP) is 2.46. The molecule has 0 radical (unpaired) electrons. The summed E-state index contributed by atoms with van der Waals surface area (Å²) in [7, 11) is -2.27. The van der Waals surface area contributed by atoms with Gasteiger partial charge in [0.15, 0.2) is 0 Å². The van der Waals surface area contributed by atoms with Crippen molar-refractivity contribution in [1.82, 2.24) is 19.5 Å². The summed E-state index contributed by atoms with van der Waals surface area (Å²) in [4.78, 5) is 11.7. The largest absolute Gasteiger partial charge is 0.424 e. The monoisotopic (exact) mass is 365 g/mol. The van der Waals surface area contributed by atoms with Gasteiger partial charge in [-0.25, -0.2) is 15.0 Å². The number of benzene rings is 1. The molecule has 3 rings (SSSR count). The van der Waals surface area contributed by atoms with Crippen LogP contribution in [0.1, 0.15) is 0 Å². The van der Waals surface area contributed by atoms with Crippen molar-refractivity contribution in [2.75, 3.05) is 4.72 Å². The molecule has 124 valence electrons. The van der Waals surface area contributed by atoms with Crippen molar-refractivity contribution >= 4 is 27.3 Å². The molecule has 0 saturated carbocycles. The molecule has 24 heavy (non-hydrogen) atoms. The first-order chi connectivity index (χ1) is 11.5. The Morgan fingerprint density at radius 2 is 1.79 bits per heavy atom. The zero-order valence-electron chi connectivity index (χ0n) is 12.4. The molecule has 0 atom stereocenters. The zero-order valence-corrected chi connectivity index (χ0v) is 14.0. The highest BCUT2D eigenvalue weighted by atomic mass is 35.5. The molecule has 0 aliphatic carbocycles. The number of halogens is 1. The second-order valence-electron chi connectivity index (χ2n) is 4.71. The number of anilines is 1. The molecule has 3 aromatic rings. The Kier molecular flexibility index (Phi) is 4.36. The third kappa shape index (κ3) is 3.47. The van der Waals surface area contributed by atoms with Crippen molar-refractivity contribution in [2.45, 2.75) is 5.03 Å². The molecule has 0 aliphatic heterocycles. The third-order valence-electron chi connectivity index (χ3n) is 2.95. The Labute approximate surface area is 143 Å². The standard InChI is InChI=1S/C14H12ClN5O3S/c1-20-9-18-13(12(20)15)24(21,22)19-10-3-5-11(6-4-10)23-14-16-7-2-8-17-14/h2-9,19H,1H3. The van der Waals surface area contributed by atoms with E-state index in [9.17, 15) is 8.42 Å². The van der Waals surface area contributed by atoms with Crippen LogP contribution in [0.3, 0.4) is 0 Å². The van der Waals surface area contributed by atoms with Gasteiger partial charge in [0, 0.05) is 25.1 Å². The fourth-order valence-electron chi connectivity index (χ4n) is 1.81. The molecule has 1 aromatic carbocycles. The van der Waals surface area contributed by atoms with Crippen LogP contribution in [-0.2, 0) is 17.1 Å². The minimum Gasteiger partial charge on any atom is -0.424 e. The van der Waals surface area contributed by atoms with Crippen molar-refractivity contribution in [3.8, 4) is 11.8 Å². The van der Waals surface area contributed by atoms with E-state index in [1.165, 1.54) is 10.9 Å². The lowest BCUT2D eigenvalue weighted by molar-refractivity contribution is 0.442. The van der Waals surface area contributed by atoms with Crippen LogP contribution in [-0.4, -0.2) is 27.9 Å². The number of rotatable bonds is 5. The minimum atomic E-state index is -3.87. The summed E-state index contributed by atoms with van der Waals surface area (Å²) in [6, 6.07) is 8.15. The quantitative estimate of drug-likeness (QED) is 0.745. The molecule has 0 fully saturated rings. The SMILES string of the molecule is Cn1cnc(S(=O)(=O)Nc2ccc(Oc3ncccn3)cc2)c1Cl. The van der Waals surface area contributed by atoms with Gasteiger partial charge in [-0.05, 0) is 30.3 Å². The van der Waals surface area contributed by atoms with Gasteiger partial charge in [0.1, 0.15) is 10.9 Å². The average Bonchev–Trinajstić information content (AvgIpc) is 2.90. The normalized spacial score (nSPS) is 11.2. The van der Waals surface area contributed by atoms with Crippen LogP contribution in [0, 0.1) is 0 Å². The fourth-order valence-corrected chi connectivity index (χ4v) is 3.30. The second-order valence-corrected chi connectivity index (χ2v) is 6.67. The molecular formula is C14H12ClN5O3S. The fraction of sp³-hybridized carbons (Fsp3) is 0.0714. The van der Waals surface area contributed by atoms with E-state index in [1.807, 2.05) is 0 Å². The number of ether oxygens (including phenoxy) is 1. The van der Waals surface area contributed by atoms with Crippen LogP contribution in [0.5, 0.6) is 11.8 Å². The van der Waals surface area contributed by atoms with Crippen LogP contribution >= 0.6 is 11.6 Å². The van der Waals surface area contributed by atoms with E-state index in [1.54, 1.807) is 49.8 Å². The van der Waals surface area contributed by atoms with Crippen LogP contribution in [0.15, 0.2) is 54.1 Å². The van der Waals surface area contributed by atoms with Crippen LogP contribution < -0.4 is 9.46 Å². The molecule has 10 heteroatoms. The highest BCUT2D eigenvalue weighted by Gasteiger charge is 2.22. The van der Waals surface area contributed by atoms with Crippen molar-refractivity contribution in [3.63, 3.8) is 0 Å². The van der Waals surface area contributed by atoms with E-state index in [0.717, 1.165) is 0 Å². The predicted molar refractivity (Wildman–Crippen MR) is 87.6 cm³/mol. The summed E-state index contributed by atoms with van der Waals surface area (Å²) in [6.45, 7) is 0. The molecule has 0 aliphatic rings. The van der Waals surface area contributed by atoms with Gasteiger partial charge in [0.25, 0.3) is 10.0 Å². The Morgan fingerprint density at radius 1 is 1.12 bits per heavy atom. The smallest absolute Gasteiger partial charge is 0.321 e. The number of aryl methyl sites for hydroxylation is 1. The maximum atomic E-state index is 12.3. The van der Waals surface area contributed by atoms with Crippen molar-refractivity contribution in [3.05, 3.63) is 54.2 Å². The topological polar surface area (TPSA) is 99.0 Å². The van der Waals surface area contributed by atoms with Crippen LogP contribution in [0.4, 0.5) is 5.69 Å². The number of aromatic nitrogens is 4. The molecule has 8 nitrogen and oxygen atoms in total. The van der Waals surface area contributed by atoms with Gasteiger partial charge < -0.3 is 9.30 Å². The van der Waals surface area contributed by atoms with Gasteiger partial charge in [-0.15, -0.1) is 0 Å². The molecule has 0 unspecified atom stereocenters. The van der Waals surface area contributed by atoms with E-state index in [4.69, 9.17) is 16.3 Å². The Hall–Kier alpha value is -2.65. The summed E-state index contributed by atoms with van der Waals surface area (Å²) in [6.07, 6.45) is 4.44. The van der Waals surface area contributed by atoms with Gasteiger partial charge in [0.2, 0.25) is 5.03 Å². The number of nitrogens with zero attached hydrogens (tertiary/aromatic N) is 4. The first-order valence-electron chi connectivity index (χ1n) is 6.70. The van der Waals surface area contributed by atoms with E-state index in [0.29, 0.717) is 11.4 Å².